The predicted octanol–water partition coefficient (Wildman–Crippen LogP) is 5.66. The van der Waals surface area contributed by atoms with E-state index in [4.69, 9.17) is 32.7 Å². The topological polar surface area (TPSA) is 102 Å². The second kappa shape index (κ2) is 12.8. The number of aromatic hydroxyl groups is 1. The molecule has 184 valence electrons. The first-order valence-electron chi connectivity index (χ1n) is 11.3. The van der Waals surface area contributed by atoms with Crippen molar-refractivity contribution < 1.29 is 19.4 Å². The number of aromatic nitrogens is 1. The lowest BCUT2D eigenvalue weighted by atomic mass is 9.97. The van der Waals surface area contributed by atoms with Crippen molar-refractivity contribution in [1.29, 1.82) is 5.26 Å². The van der Waals surface area contributed by atoms with Gasteiger partial charge in [0, 0.05) is 18.7 Å². The van der Waals surface area contributed by atoms with E-state index >= 15 is 0 Å². The zero-order valence-corrected chi connectivity index (χ0v) is 21.4. The summed E-state index contributed by atoms with van der Waals surface area (Å²) in [6.07, 6.45) is 3.32. The minimum atomic E-state index is -0.662. The maximum absolute atomic E-state index is 13.4. The van der Waals surface area contributed by atoms with Crippen LogP contribution in [0.25, 0.3) is 0 Å². The molecule has 1 heterocycles. The van der Waals surface area contributed by atoms with Crippen molar-refractivity contribution in [1.82, 2.24) is 4.57 Å². The number of ketones is 1. The van der Waals surface area contributed by atoms with Crippen molar-refractivity contribution in [3.63, 3.8) is 0 Å². The molecule has 7 nitrogen and oxygen atoms in total. The van der Waals surface area contributed by atoms with E-state index in [2.05, 4.69) is 6.92 Å². The second-order valence-electron chi connectivity index (χ2n) is 8.19. The van der Waals surface area contributed by atoms with Crippen LogP contribution in [0, 0.1) is 18.3 Å². The van der Waals surface area contributed by atoms with Crippen molar-refractivity contribution in [2.75, 3.05) is 13.2 Å². The molecule has 0 amide bonds. The molecule has 0 aliphatic rings. The Morgan fingerprint density at radius 3 is 2.38 bits per heavy atom. The van der Waals surface area contributed by atoms with E-state index < -0.39 is 17.2 Å². The molecule has 0 bridgehead atoms. The quantitative estimate of drug-likeness (QED) is 0.293. The Hall–Kier alpha value is -2.53. The van der Waals surface area contributed by atoms with Gasteiger partial charge in [-0.2, -0.15) is 5.26 Å². The zero-order chi connectivity index (χ0) is 25.4. The Morgan fingerprint density at radius 2 is 1.82 bits per heavy atom. The number of rotatable bonds is 12. The molecular formula is C25H30Cl2N2O5. The van der Waals surface area contributed by atoms with E-state index in [1.54, 1.807) is 0 Å². The molecule has 1 aromatic carbocycles. The van der Waals surface area contributed by atoms with Gasteiger partial charge in [-0.1, -0.05) is 43.0 Å². The summed E-state index contributed by atoms with van der Waals surface area (Å²) in [6, 6.07) is 4.66. The van der Waals surface area contributed by atoms with Gasteiger partial charge in [0.15, 0.2) is 11.5 Å². The maximum Gasteiger partial charge on any atom is 0.271 e. The Morgan fingerprint density at radius 1 is 1.18 bits per heavy atom. The molecule has 0 unspecified atom stereocenters. The third kappa shape index (κ3) is 6.53. The van der Waals surface area contributed by atoms with Crippen LogP contribution in [-0.2, 0) is 11.3 Å². The fourth-order valence-corrected chi connectivity index (χ4v) is 4.07. The van der Waals surface area contributed by atoms with Gasteiger partial charge < -0.3 is 14.6 Å². The molecule has 0 aliphatic carbocycles. The number of carbonyl (C=O) groups excluding carboxylic acids is 1. The average Bonchev–Trinajstić information content (AvgIpc) is 2.77. The normalized spacial score (nSPS) is 11.0. The van der Waals surface area contributed by atoms with Gasteiger partial charge >= 0.3 is 0 Å². The van der Waals surface area contributed by atoms with Gasteiger partial charge in [-0.3, -0.25) is 14.2 Å². The minimum absolute atomic E-state index is 0.0169. The van der Waals surface area contributed by atoms with E-state index in [1.165, 1.54) is 19.1 Å². The largest absolute Gasteiger partial charge is 0.494 e. The van der Waals surface area contributed by atoms with E-state index in [0.717, 1.165) is 23.8 Å². The van der Waals surface area contributed by atoms with Gasteiger partial charge in [0.25, 0.3) is 5.56 Å². The highest BCUT2D eigenvalue weighted by Crippen LogP contribution is 2.36. The van der Waals surface area contributed by atoms with Crippen molar-refractivity contribution in [3.05, 3.63) is 54.8 Å². The number of unbranched alkanes of at least 4 members (excludes halogenated alkanes) is 2. The predicted molar refractivity (Wildman–Crippen MR) is 132 cm³/mol. The number of hydrogen-bond donors (Lipinski definition) is 1. The lowest BCUT2D eigenvalue weighted by Crippen LogP contribution is -2.27. The lowest BCUT2D eigenvalue weighted by molar-refractivity contribution is 0.0743. The number of ether oxygens (including phenoxy) is 2. The van der Waals surface area contributed by atoms with Crippen LogP contribution in [0.3, 0.4) is 0 Å². The number of carbonyl (C=O) groups is 1. The molecule has 2 aromatic rings. The highest BCUT2D eigenvalue weighted by Gasteiger charge is 2.26. The summed E-state index contributed by atoms with van der Waals surface area (Å²) in [5.41, 5.74) is -0.822. The molecule has 0 saturated heterocycles. The van der Waals surface area contributed by atoms with Gasteiger partial charge in [-0.05, 0) is 51.3 Å². The average molecular weight is 509 g/mol. The fraction of sp³-hybridized carbons (Fsp3) is 0.480. The standard InChI is InChI=1S/C25H30Cl2N2O5/c1-5-6-7-10-34-23-19(26)12-17(13-20(23)27)22(30)21-16(4)18(14-28)24(31)29(25(21)32)9-8-11-33-15(2)3/h12-13,15,32H,5-11H2,1-4H3. The third-order valence-electron chi connectivity index (χ3n) is 5.26. The van der Waals surface area contributed by atoms with E-state index in [0.29, 0.717) is 19.6 Å². The van der Waals surface area contributed by atoms with Crippen LogP contribution >= 0.6 is 23.2 Å². The summed E-state index contributed by atoms with van der Waals surface area (Å²) in [5.74, 6) is -0.840. The van der Waals surface area contributed by atoms with Gasteiger partial charge in [-0.25, -0.2) is 0 Å². The van der Waals surface area contributed by atoms with E-state index in [1.807, 2.05) is 19.9 Å². The van der Waals surface area contributed by atoms with Crippen LogP contribution in [0.1, 0.15) is 73.5 Å². The Bertz CT molecular complexity index is 1110. The van der Waals surface area contributed by atoms with Gasteiger partial charge in [0.1, 0.15) is 11.6 Å². The fourth-order valence-electron chi connectivity index (χ4n) is 3.47. The Kier molecular flexibility index (Phi) is 10.4. The molecule has 1 aromatic heterocycles. The molecule has 34 heavy (non-hydrogen) atoms. The number of pyridine rings is 1. The molecule has 0 radical (unpaired) electrons. The zero-order valence-electron chi connectivity index (χ0n) is 19.9. The van der Waals surface area contributed by atoms with Crippen molar-refractivity contribution in [2.24, 2.45) is 0 Å². The molecule has 2 rings (SSSR count). The smallest absolute Gasteiger partial charge is 0.271 e. The number of benzene rings is 1. The molecular weight excluding hydrogens is 479 g/mol. The molecule has 0 aliphatic heterocycles. The number of hydrogen-bond acceptors (Lipinski definition) is 6. The van der Waals surface area contributed by atoms with Crippen LogP contribution in [-0.4, -0.2) is 34.8 Å². The van der Waals surface area contributed by atoms with Crippen LogP contribution in [0.5, 0.6) is 11.6 Å². The van der Waals surface area contributed by atoms with Crippen LogP contribution in [0.15, 0.2) is 16.9 Å². The maximum atomic E-state index is 13.4. The van der Waals surface area contributed by atoms with Crippen molar-refractivity contribution in [3.8, 4) is 17.7 Å². The van der Waals surface area contributed by atoms with Crippen molar-refractivity contribution >= 4 is 29.0 Å². The van der Waals surface area contributed by atoms with Crippen molar-refractivity contribution in [2.45, 2.75) is 66.0 Å². The number of nitriles is 1. The molecule has 0 saturated carbocycles. The van der Waals surface area contributed by atoms with Gasteiger partial charge in [0.05, 0.1) is 28.3 Å². The van der Waals surface area contributed by atoms with E-state index in [-0.39, 0.29) is 50.7 Å². The summed E-state index contributed by atoms with van der Waals surface area (Å²) in [6.45, 7) is 8.19. The number of nitrogens with zero attached hydrogens (tertiary/aromatic N) is 2. The van der Waals surface area contributed by atoms with Crippen LogP contribution in [0.2, 0.25) is 10.0 Å². The summed E-state index contributed by atoms with van der Waals surface area (Å²) in [5, 5.41) is 20.7. The monoisotopic (exact) mass is 508 g/mol. The summed E-state index contributed by atoms with van der Waals surface area (Å²) < 4.78 is 12.2. The van der Waals surface area contributed by atoms with Gasteiger partial charge in [0.2, 0.25) is 5.88 Å². The summed E-state index contributed by atoms with van der Waals surface area (Å²) >= 11 is 12.7. The Labute approximate surface area is 209 Å². The Balaban J connectivity index is 2.44. The summed E-state index contributed by atoms with van der Waals surface area (Å²) in [7, 11) is 0. The molecule has 0 atom stereocenters. The SMILES string of the molecule is CCCCCOc1c(Cl)cc(C(=O)c2c(C)c(C#N)c(=O)n(CCCOC(C)C)c2O)cc1Cl. The summed E-state index contributed by atoms with van der Waals surface area (Å²) in [4.78, 5) is 26.1. The second-order valence-corrected chi connectivity index (χ2v) is 9.01. The highest BCUT2D eigenvalue weighted by atomic mass is 35.5. The highest BCUT2D eigenvalue weighted by molar-refractivity contribution is 6.38. The first-order chi connectivity index (χ1) is 16.1. The first-order valence-corrected chi connectivity index (χ1v) is 12.0. The first kappa shape index (κ1) is 27.7. The molecule has 0 fully saturated rings. The van der Waals surface area contributed by atoms with E-state index in [9.17, 15) is 20.0 Å². The van der Waals surface area contributed by atoms with Crippen LogP contribution < -0.4 is 10.3 Å². The van der Waals surface area contributed by atoms with Gasteiger partial charge in [-0.15, -0.1) is 0 Å². The molecule has 9 heteroatoms. The number of halogens is 2. The lowest BCUT2D eigenvalue weighted by Gasteiger charge is -2.17. The minimum Gasteiger partial charge on any atom is -0.494 e. The molecule has 0 spiro atoms. The molecule has 1 N–H and O–H groups in total. The third-order valence-corrected chi connectivity index (χ3v) is 5.82. The van der Waals surface area contributed by atoms with Crippen LogP contribution in [0.4, 0.5) is 0 Å².